The molecule has 2 rings (SSSR count). The van der Waals surface area contributed by atoms with E-state index in [-0.39, 0.29) is 5.56 Å². The summed E-state index contributed by atoms with van der Waals surface area (Å²) in [5.41, 5.74) is -1.56. The molecule has 0 heterocycles. The number of alkyl halides is 3. The molecule has 1 fully saturated rings. The van der Waals surface area contributed by atoms with Gasteiger partial charge in [-0.25, -0.2) is 4.79 Å². The number of carbonyl (C=O) groups excluding carboxylic acids is 2. The second-order valence-electron chi connectivity index (χ2n) is 6.01. The first-order valence-electron chi connectivity index (χ1n) is 7.98. The molecule has 1 aromatic carbocycles. The van der Waals surface area contributed by atoms with Crippen LogP contribution in [0.15, 0.2) is 30.3 Å². The molecule has 1 N–H and O–H groups in total. The summed E-state index contributed by atoms with van der Waals surface area (Å²) in [6.07, 6.45) is 0.430. The van der Waals surface area contributed by atoms with E-state index in [0.29, 0.717) is 12.8 Å². The van der Waals surface area contributed by atoms with Crippen molar-refractivity contribution in [2.45, 2.75) is 37.4 Å². The van der Waals surface area contributed by atoms with Crippen molar-refractivity contribution in [2.24, 2.45) is 0 Å². The van der Waals surface area contributed by atoms with Gasteiger partial charge in [0.25, 0.3) is 5.91 Å². The first-order valence-corrected chi connectivity index (χ1v) is 7.98. The van der Waals surface area contributed by atoms with Crippen LogP contribution < -0.4 is 5.32 Å². The fraction of sp³-hybridized carbons (Fsp3) is 0.389. The van der Waals surface area contributed by atoms with Crippen LogP contribution in [0.25, 0.3) is 6.08 Å². The quantitative estimate of drug-likeness (QED) is 0.641. The summed E-state index contributed by atoms with van der Waals surface area (Å²) in [6, 6.07) is 6.53. The number of hydrogen-bond donors (Lipinski definition) is 1. The summed E-state index contributed by atoms with van der Waals surface area (Å²) in [6.45, 7) is -0.560. The number of rotatable bonds is 5. The van der Waals surface area contributed by atoms with E-state index in [1.807, 2.05) is 0 Å². The van der Waals surface area contributed by atoms with Crippen molar-refractivity contribution in [3.05, 3.63) is 41.5 Å². The second-order valence-corrected chi connectivity index (χ2v) is 6.01. The number of nitrogens with one attached hydrogen (secondary N) is 1. The highest BCUT2D eigenvalue weighted by Gasteiger charge is 2.35. The maximum absolute atomic E-state index is 12.6. The fourth-order valence-electron chi connectivity index (χ4n) is 2.71. The van der Waals surface area contributed by atoms with Gasteiger partial charge in [-0.05, 0) is 49.5 Å². The molecular weight excluding hydrogens is 349 g/mol. The molecule has 1 aliphatic carbocycles. The van der Waals surface area contributed by atoms with Crippen LogP contribution in [0.3, 0.4) is 0 Å². The number of benzene rings is 1. The van der Waals surface area contributed by atoms with Gasteiger partial charge >= 0.3 is 12.1 Å². The standard InChI is InChI=1S/C18H17F3N2O3/c19-18(20,21)14-5-3-4-13(10-14)6-7-16(25)26-11-15(24)23-17(12-22)8-1-2-9-17/h3-7,10H,1-2,8-9,11H2,(H,23,24)/b7-6+. The highest BCUT2D eigenvalue weighted by Crippen LogP contribution is 2.30. The number of nitriles is 1. The molecule has 1 aromatic rings. The first-order chi connectivity index (χ1) is 12.2. The summed E-state index contributed by atoms with van der Waals surface area (Å²) in [7, 11) is 0. The third-order valence-corrected chi connectivity index (χ3v) is 4.02. The molecule has 5 nitrogen and oxygen atoms in total. The molecule has 1 aliphatic rings. The molecule has 0 unspecified atom stereocenters. The summed E-state index contributed by atoms with van der Waals surface area (Å²) >= 11 is 0. The van der Waals surface area contributed by atoms with Crippen LogP contribution in [-0.2, 0) is 20.5 Å². The average Bonchev–Trinajstić information content (AvgIpc) is 3.06. The van der Waals surface area contributed by atoms with Gasteiger partial charge in [-0.1, -0.05) is 12.1 Å². The number of halogens is 3. The Bertz CT molecular complexity index is 745. The monoisotopic (exact) mass is 366 g/mol. The highest BCUT2D eigenvalue weighted by atomic mass is 19.4. The van der Waals surface area contributed by atoms with Crippen molar-refractivity contribution in [1.82, 2.24) is 5.32 Å². The zero-order valence-electron chi connectivity index (χ0n) is 13.8. The second kappa shape index (κ2) is 8.04. The van der Waals surface area contributed by atoms with E-state index in [9.17, 15) is 22.8 Å². The lowest BCUT2D eigenvalue weighted by atomic mass is 10.00. The maximum Gasteiger partial charge on any atom is 0.416 e. The molecule has 8 heteroatoms. The highest BCUT2D eigenvalue weighted by molar-refractivity contribution is 5.89. The van der Waals surface area contributed by atoms with Gasteiger partial charge in [0.1, 0.15) is 5.54 Å². The van der Waals surface area contributed by atoms with E-state index in [1.165, 1.54) is 18.2 Å². The van der Waals surface area contributed by atoms with Crippen molar-refractivity contribution in [3.63, 3.8) is 0 Å². The Kier molecular flexibility index (Phi) is 6.03. The molecular formula is C18H17F3N2O3. The van der Waals surface area contributed by atoms with Crippen molar-refractivity contribution in [3.8, 4) is 6.07 Å². The smallest absolute Gasteiger partial charge is 0.416 e. The molecule has 0 radical (unpaired) electrons. The lowest BCUT2D eigenvalue weighted by Gasteiger charge is -2.21. The van der Waals surface area contributed by atoms with Gasteiger partial charge < -0.3 is 10.1 Å². The topological polar surface area (TPSA) is 79.2 Å². The van der Waals surface area contributed by atoms with Gasteiger partial charge in [0.15, 0.2) is 6.61 Å². The number of ether oxygens (including phenoxy) is 1. The predicted molar refractivity (Wildman–Crippen MR) is 86.4 cm³/mol. The van der Waals surface area contributed by atoms with Crippen molar-refractivity contribution < 1.29 is 27.5 Å². The Morgan fingerprint density at radius 2 is 2.00 bits per heavy atom. The number of nitrogens with zero attached hydrogens (tertiary/aromatic N) is 1. The average molecular weight is 366 g/mol. The van der Waals surface area contributed by atoms with Crippen molar-refractivity contribution >= 4 is 18.0 Å². The normalized spacial score (nSPS) is 16.2. The third kappa shape index (κ3) is 5.34. The summed E-state index contributed by atoms with van der Waals surface area (Å²) < 4.78 is 42.6. The molecule has 0 spiro atoms. The van der Waals surface area contributed by atoms with Gasteiger partial charge in [-0.2, -0.15) is 18.4 Å². The SMILES string of the molecule is N#CC1(NC(=O)COC(=O)/C=C/c2cccc(C(F)(F)F)c2)CCCC1. The Labute approximate surface area is 148 Å². The summed E-state index contributed by atoms with van der Waals surface area (Å²) in [5, 5.41) is 11.7. The lowest BCUT2D eigenvalue weighted by Crippen LogP contribution is -2.46. The molecule has 26 heavy (non-hydrogen) atoms. The van der Waals surface area contributed by atoms with Crippen LogP contribution in [0.1, 0.15) is 36.8 Å². The molecule has 0 bridgehead atoms. The van der Waals surface area contributed by atoms with Crippen LogP contribution in [0.2, 0.25) is 0 Å². The number of carbonyl (C=O) groups is 2. The van der Waals surface area contributed by atoms with Crippen LogP contribution in [0.5, 0.6) is 0 Å². The predicted octanol–water partition coefficient (Wildman–Crippen LogP) is 3.21. The molecule has 138 valence electrons. The minimum atomic E-state index is -4.47. The molecule has 1 saturated carbocycles. The Balaban J connectivity index is 1.86. The van der Waals surface area contributed by atoms with Gasteiger partial charge in [0.05, 0.1) is 11.6 Å². The Hall–Kier alpha value is -2.82. The maximum atomic E-state index is 12.6. The number of amides is 1. The van der Waals surface area contributed by atoms with E-state index in [0.717, 1.165) is 31.1 Å². The van der Waals surface area contributed by atoms with Crippen LogP contribution in [-0.4, -0.2) is 24.0 Å². The minimum absolute atomic E-state index is 0.176. The zero-order valence-corrected chi connectivity index (χ0v) is 13.8. The minimum Gasteiger partial charge on any atom is -0.452 e. The largest absolute Gasteiger partial charge is 0.452 e. The van der Waals surface area contributed by atoms with E-state index in [1.54, 1.807) is 0 Å². The Morgan fingerprint density at radius 3 is 2.62 bits per heavy atom. The van der Waals surface area contributed by atoms with Crippen LogP contribution in [0, 0.1) is 11.3 Å². The number of esters is 1. The molecule has 0 aromatic heterocycles. The molecule has 0 aliphatic heterocycles. The van der Waals surface area contributed by atoms with E-state index in [4.69, 9.17) is 10.00 Å². The molecule has 0 saturated heterocycles. The molecule has 1 amide bonds. The molecule has 0 atom stereocenters. The van der Waals surface area contributed by atoms with Crippen LogP contribution >= 0.6 is 0 Å². The van der Waals surface area contributed by atoms with E-state index in [2.05, 4.69) is 11.4 Å². The Morgan fingerprint density at radius 1 is 1.31 bits per heavy atom. The van der Waals surface area contributed by atoms with E-state index < -0.39 is 35.8 Å². The first kappa shape index (κ1) is 19.5. The zero-order chi connectivity index (χ0) is 19.2. The van der Waals surface area contributed by atoms with Gasteiger partial charge in [0.2, 0.25) is 0 Å². The summed E-state index contributed by atoms with van der Waals surface area (Å²) in [4.78, 5) is 23.4. The third-order valence-electron chi connectivity index (χ3n) is 4.02. The van der Waals surface area contributed by atoms with Gasteiger partial charge in [0, 0.05) is 6.08 Å². The van der Waals surface area contributed by atoms with Crippen molar-refractivity contribution in [1.29, 1.82) is 5.26 Å². The summed E-state index contributed by atoms with van der Waals surface area (Å²) in [5.74, 6) is -1.45. The van der Waals surface area contributed by atoms with Gasteiger partial charge in [-0.15, -0.1) is 0 Å². The number of hydrogen-bond acceptors (Lipinski definition) is 4. The van der Waals surface area contributed by atoms with Crippen molar-refractivity contribution in [2.75, 3.05) is 6.61 Å². The lowest BCUT2D eigenvalue weighted by molar-refractivity contribution is -0.144. The fourth-order valence-corrected chi connectivity index (χ4v) is 2.71. The van der Waals surface area contributed by atoms with Crippen LogP contribution in [0.4, 0.5) is 13.2 Å². The van der Waals surface area contributed by atoms with E-state index >= 15 is 0 Å². The van der Waals surface area contributed by atoms with Gasteiger partial charge in [-0.3, -0.25) is 4.79 Å².